The molecule has 3 fully saturated rings. The van der Waals surface area contributed by atoms with E-state index in [1.54, 1.807) is 59.3 Å². The van der Waals surface area contributed by atoms with E-state index in [0.29, 0.717) is 43.7 Å². The van der Waals surface area contributed by atoms with Crippen molar-refractivity contribution in [2.24, 2.45) is 17.8 Å². The second-order valence-electron chi connectivity index (χ2n) is 23.0. The number of benzene rings is 2. The Bertz CT molecular complexity index is 2270. The molecule has 422 valence electrons. The lowest BCUT2D eigenvalue weighted by atomic mass is 9.77. The van der Waals surface area contributed by atoms with Gasteiger partial charge in [0, 0.05) is 62.9 Å². The maximum atomic E-state index is 14.6. The van der Waals surface area contributed by atoms with Crippen molar-refractivity contribution in [1.29, 1.82) is 0 Å². The number of nitrogen functional groups attached to an aromatic ring is 1. The molecule has 18 nitrogen and oxygen atoms in total. The number of methoxy groups -OCH3 is 1. The van der Waals surface area contributed by atoms with Crippen molar-refractivity contribution in [2.75, 3.05) is 46.7 Å². The molecule has 7 N–H and O–H groups in total. The number of anilines is 1. The Morgan fingerprint density at radius 1 is 0.960 bits per heavy atom. The average Bonchev–Trinajstić information content (AvgIpc) is 3.84. The van der Waals surface area contributed by atoms with Crippen LogP contribution >= 0.6 is 0 Å². The molecule has 2 aromatic carbocycles. The number of nitrogens with two attached hydrogens (primary N) is 1. The SMILES string of the molecule is CC[C@H]1OC(=O)[C@H](C)[C@@H](O[C@H]2C[C@@](C)(OC)[C@@H](O)[C@H](C)O2)[C@H](C)[C@@H](O[C@@H]2O[C@H](C)C[C@H](N(C)CCc3cn([C@H](CF)Cc4ccc(-c5cccc(N)c5)cc4)nn3)C2O)[C@](C)(O)C[C@@H](C)CN(C)[C@H](C)[C@@H](O)[C@]1(C)O. The van der Waals surface area contributed by atoms with E-state index in [1.807, 2.05) is 86.3 Å². The van der Waals surface area contributed by atoms with Crippen LogP contribution in [0.5, 0.6) is 0 Å². The van der Waals surface area contributed by atoms with Gasteiger partial charge in [0.25, 0.3) is 0 Å². The van der Waals surface area contributed by atoms with Crippen molar-refractivity contribution in [1.82, 2.24) is 24.8 Å². The molecule has 19 heteroatoms. The zero-order valence-electron chi connectivity index (χ0n) is 46.6. The highest BCUT2D eigenvalue weighted by molar-refractivity contribution is 5.73. The van der Waals surface area contributed by atoms with Gasteiger partial charge in [-0.3, -0.25) is 4.79 Å². The average molecular weight is 1060 g/mol. The van der Waals surface area contributed by atoms with Crippen LogP contribution in [0, 0.1) is 17.8 Å². The van der Waals surface area contributed by atoms with Crippen molar-refractivity contribution in [3.05, 3.63) is 66.0 Å². The molecule has 4 heterocycles. The lowest BCUT2D eigenvalue weighted by molar-refractivity contribution is -0.318. The van der Waals surface area contributed by atoms with Gasteiger partial charge in [-0.1, -0.05) is 62.4 Å². The van der Waals surface area contributed by atoms with Gasteiger partial charge in [-0.15, -0.1) is 5.10 Å². The Kier molecular flexibility index (Phi) is 20.5. The Balaban J connectivity index is 1.24. The third kappa shape index (κ3) is 14.3. The fourth-order valence-corrected chi connectivity index (χ4v) is 11.8. The first-order chi connectivity index (χ1) is 35.2. The molecule has 0 saturated carbocycles. The first kappa shape index (κ1) is 60.5. The number of aliphatic hydroxyl groups excluding tert-OH is 3. The normalized spacial score (nSPS) is 38.4. The van der Waals surface area contributed by atoms with Crippen molar-refractivity contribution in [3.8, 4) is 11.1 Å². The summed E-state index contributed by atoms with van der Waals surface area (Å²) in [6.45, 7) is 17.7. The molecule has 6 rings (SSSR count). The summed E-state index contributed by atoms with van der Waals surface area (Å²) in [5.74, 6) is -2.85. The third-order valence-electron chi connectivity index (χ3n) is 16.6. The van der Waals surface area contributed by atoms with Crippen molar-refractivity contribution in [2.45, 2.75) is 204 Å². The van der Waals surface area contributed by atoms with Crippen molar-refractivity contribution >= 4 is 11.7 Å². The van der Waals surface area contributed by atoms with Crippen molar-refractivity contribution < 1.29 is 63.1 Å². The van der Waals surface area contributed by atoms with Gasteiger partial charge in [0.05, 0.1) is 53.3 Å². The number of ether oxygens (including phenoxy) is 6. The van der Waals surface area contributed by atoms with E-state index in [4.69, 9.17) is 34.2 Å². The highest BCUT2D eigenvalue weighted by Gasteiger charge is 2.53. The fraction of sp³-hybridized carbons (Fsp3) is 0.732. The van der Waals surface area contributed by atoms with Gasteiger partial charge in [0.15, 0.2) is 12.6 Å². The van der Waals surface area contributed by atoms with Crippen LogP contribution in [0.1, 0.15) is 112 Å². The molecule has 75 heavy (non-hydrogen) atoms. The van der Waals surface area contributed by atoms with E-state index < -0.39 is 121 Å². The molecule has 0 aliphatic carbocycles. The maximum Gasteiger partial charge on any atom is 0.311 e. The Labute approximate surface area is 443 Å². The molecule has 0 spiro atoms. The van der Waals surface area contributed by atoms with Gasteiger partial charge in [-0.25, -0.2) is 9.07 Å². The molecule has 1 unspecified atom stereocenters. The number of likely N-dealkylation sites (N-methyl/N-ethyl adjacent to an activating group) is 2. The number of nitrogens with zero attached hydrogens (tertiary/aromatic N) is 5. The first-order valence-electron chi connectivity index (χ1n) is 26.9. The topological polar surface area (TPSA) is 237 Å². The van der Waals surface area contributed by atoms with Gasteiger partial charge in [0.1, 0.15) is 36.7 Å². The smallest absolute Gasteiger partial charge is 0.311 e. The standard InChI is InChI=1S/C56H89FN6O12/c1-14-45-56(10,69)49(65)36(6)62(12)30-32(2)27-54(8,68)51(34(4)48(35(5)52(67)73-45)74-46-28-55(9,70-13)50(66)37(7)72-46)75-53-47(64)44(24-33(3)71-53)61(11)23-22-42-31-63(60-59-42)43(29-57)25-38-18-20-39(21-19-38)40-16-15-17-41(58)26-40/h15-21,26,31-37,43-51,53,64-66,68-69H,14,22-25,27-30,58H2,1-13H3/t32-,33-,34+,35-,36-,37+,43+,44+,45-,46+,47?,48+,49-,50+,51-,53+,54-,55-,56-/m1/s1. The number of halogens is 1. The van der Waals surface area contributed by atoms with Gasteiger partial charge in [0.2, 0.25) is 0 Å². The number of carbonyl (C=O) groups is 1. The predicted molar refractivity (Wildman–Crippen MR) is 282 cm³/mol. The monoisotopic (exact) mass is 1060 g/mol. The number of aromatic nitrogens is 3. The van der Waals surface area contributed by atoms with Gasteiger partial charge in [-0.05, 0) is 123 Å². The van der Waals surface area contributed by atoms with Crippen LogP contribution in [-0.2, 0) is 46.1 Å². The molecule has 0 radical (unpaired) electrons. The number of aliphatic hydroxyl groups is 5. The number of carbonyl (C=O) groups excluding carboxylic acids is 1. The minimum Gasteiger partial charge on any atom is -0.459 e. The highest BCUT2D eigenvalue weighted by Crippen LogP contribution is 2.40. The van der Waals surface area contributed by atoms with E-state index in [-0.39, 0.29) is 25.2 Å². The van der Waals surface area contributed by atoms with Crippen molar-refractivity contribution in [3.63, 3.8) is 0 Å². The number of alkyl halides is 1. The quantitative estimate of drug-likeness (QED) is 0.0857. The lowest BCUT2D eigenvalue weighted by Crippen LogP contribution is -2.61. The molecule has 3 aliphatic heterocycles. The molecule has 1 aromatic heterocycles. The molecule has 19 atom stereocenters. The van der Waals surface area contributed by atoms with E-state index >= 15 is 0 Å². The summed E-state index contributed by atoms with van der Waals surface area (Å²) in [6, 6.07) is 14.0. The van der Waals surface area contributed by atoms with Crippen LogP contribution < -0.4 is 5.73 Å². The number of hydrogen-bond acceptors (Lipinski definition) is 17. The van der Waals surface area contributed by atoms with Crippen LogP contribution in [0.25, 0.3) is 11.1 Å². The van der Waals surface area contributed by atoms with Crippen LogP contribution in [0.4, 0.5) is 10.1 Å². The molecular formula is C56H89FN6O12. The maximum absolute atomic E-state index is 14.6. The first-order valence-corrected chi connectivity index (χ1v) is 26.9. The Hall–Kier alpha value is -3.70. The summed E-state index contributed by atoms with van der Waals surface area (Å²) in [7, 11) is 5.23. The zero-order chi connectivity index (χ0) is 55.3. The number of esters is 1. The van der Waals surface area contributed by atoms with E-state index in [0.717, 1.165) is 16.7 Å². The largest absolute Gasteiger partial charge is 0.459 e. The summed E-state index contributed by atoms with van der Waals surface area (Å²) < 4.78 is 54.5. The molecule has 3 aromatic rings. The lowest BCUT2D eigenvalue weighted by Gasteiger charge is -2.49. The van der Waals surface area contributed by atoms with Gasteiger partial charge >= 0.3 is 5.97 Å². The Morgan fingerprint density at radius 3 is 2.29 bits per heavy atom. The van der Waals surface area contributed by atoms with Crippen LogP contribution in [0.15, 0.2) is 54.7 Å². The predicted octanol–water partition coefficient (Wildman–Crippen LogP) is 5.11. The van der Waals surface area contributed by atoms with Crippen LogP contribution in [-0.4, -0.2) is 188 Å². The van der Waals surface area contributed by atoms with E-state index in [2.05, 4.69) is 10.3 Å². The Morgan fingerprint density at radius 2 is 1.65 bits per heavy atom. The third-order valence-corrected chi connectivity index (χ3v) is 16.6. The number of rotatable bonds is 15. The summed E-state index contributed by atoms with van der Waals surface area (Å²) >= 11 is 0. The summed E-state index contributed by atoms with van der Waals surface area (Å²) in [5, 5.41) is 68.5. The molecule has 0 bridgehead atoms. The number of hydrogen-bond donors (Lipinski definition) is 6. The molecular weight excluding hydrogens is 968 g/mol. The number of cyclic esters (lactones) is 1. The molecule has 0 amide bonds. The fourth-order valence-electron chi connectivity index (χ4n) is 11.8. The second kappa shape index (κ2) is 25.4. The van der Waals surface area contributed by atoms with Gasteiger partial charge in [-0.2, -0.15) is 0 Å². The van der Waals surface area contributed by atoms with E-state index in [9.17, 15) is 34.7 Å². The van der Waals surface area contributed by atoms with Crippen LogP contribution in [0.2, 0.25) is 0 Å². The van der Waals surface area contributed by atoms with E-state index in [1.165, 1.54) is 14.0 Å². The summed E-state index contributed by atoms with van der Waals surface area (Å²) in [4.78, 5) is 18.4. The minimum atomic E-state index is -1.85. The molecule has 3 aliphatic rings. The summed E-state index contributed by atoms with van der Waals surface area (Å²) in [5.41, 5.74) is 5.72. The highest BCUT2D eigenvalue weighted by atomic mass is 19.1. The molecule has 3 saturated heterocycles. The summed E-state index contributed by atoms with van der Waals surface area (Å²) in [6.07, 6.45) is -6.72. The van der Waals surface area contributed by atoms with Gasteiger partial charge < -0.3 is 69.5 Å². The second-order valence-corrected chi connectivity index (χ2v) is 23.0. The zero-order valence-corrected chi connectivity index (χ0v) is 46.6. The minimum absolute atomic E-state index is 0.0884. The van der Waals surface area contributed by atoms with Crippen LogP contribution in [0.3, 0.4) is 0 Å².